The van der Waals surface area contributed by atoms with E-state index in [1.807, 2.05) is 0 Å². The van der Waals surface area contributed by atoms with Gasteiger partial charge in [-0.15, -0.1) is 6.58 Å². The second-order valence-corrected chi connectivity index (χ2v) is 6.44. The number of allylic oxidation sites excluding steroid dienone is 5. The highest BCUT2D eigenvalue weighted by atomic mass is 16.2. The van der Waals surface area contributed by atoms with Gasteiger partial charge >= 0.3 is 0 Å². The van der Waals surface area contributed by atoms with Crippen LogP contribution in [-0.2, 0) is 9.59 Å². The lowest BCUT2D eigenvalue weighted by atomic mass is 9.74. The molecule has 1 atom stereocenters. The van der Waals surface area contributed by atoms with Crippen molar-refractivity contribution in [3.8, 4) is 0 Å². The minimum Gasteiger partial charge on any atom is -0.299 e. The van der Waals surface area contributed by atoms with E-state index in [1.54, 1.807) is 6.08 Å². The van der Waals surface area contributed by atoms with Gasteiger partial charge in [0.1, 0.15) is 11.6 Å². The molecule has 0 aliphatic heterocycles. The van der Waals surface area contributed by atoms with Gasteiger partial charge in [-0.05, 0) is 43.9 Å². The molecule has 0 aromatic rings. The van der Waals surface area contributed by atoms with Gasteiger partial charge in [0, 0.05) is 12.8 Å². The first kappa shape index (κ1) is 13.5. The number of carbonyl (C=O) groups excluding carboxylic acids is 2. The summed E-state index contributed by atoms with van der Waals surface area (Å²) in [5, 5.41) is 0. The van der Waals surface area contributed by atoms with Crippen molar-refractivity contribution < 1.29 is 9.59 Å². The van der Waals surface area contributed by atoms with E-state index in [2.05, 4.69) is 24.8 Å². The Kier molecular flexibility index (Phi) is 3.49. The predicted octanol–water partition coefficient (Wildman–Crippen LogP) is 3.78. The van der Waals surface area contributed by atoms with Gasteiger partial charge in [0.2, 0.25) is 0 Å². The fraction of sp³-hybridized carbons (Fsp3) is 0.556. The molecule has 0 aromatic carbocycles. The molecule has 3 aliphatic rings. The number of hydrogen-bond donors (Lipinski definition) is 0. The zero-order valence-corrected chi connectivity index (χ0v) is 11.9. The van der Waals surface area contributed by atoms with Crippen LogP contribution in [0.4, 0.5) is 0 Å². The van der Waals surface area contributed by atoms with E-state index in [0.717, 1.165) is 32.1 Å². The van der Waals surface area contributed by atoms with Gasteiger partial charge in [-0.1, -0.05) is 29.9 Å². The topological polar surface area (TPSA) is 34.1 Å². The average Bonchev–Trinajstić information content (AvgIpc) is 3.20. The van der Waals surface area contributed by atoms with Crippen molar-refractivity contribution in [2.45, 2.75) is 44.9 Å². The summed E-state index contributed by atoms with van der Waals surface area (Å²) in [4.78, 5) is 24.6. The Morgan fingerprint density at radius 2 is 2.00 bits per heavy atom. The van der Waals surface area contributed by atoms with Gasteiger partial charge in [-0.25, -0.2) is 0 Å². The van der Waals surface area contributed by atoms with E-state index in [0.29, 0.717) is 12.8 Å². The van der Waals surface area contributed by atoms with Gasteiger partial charge in [-0.2, -0.15) is 0 Å². The molecule has 3 aliphatic carbocycles. The maximum absolute atomic E-state index is 12.3. The number of hydrogen-bond acceptors (Lipinski definition) is 2. The third-order valence-corrected chi connectivity index (χ3v) is 5.16. The summed E-state index contributed by atoms with van der Waals surface area (Å²) in [6.07, 6.45) is 14.6. The van der Waals surface area contributed by atoms with Crippen molar-refractivity contribution in [3.63, 3.8) is 0 Å². The van der Waals surface area contributed by atoms with E-state index in [-0.39, 0.29) is 23.4 Å². The summed E-state index contributed by atoms with van der Waals surface area (Å²) in [5.74, 6) is 0.726. The third-order valence-electron chi connectivity index (χ3n) is 5.16. The number of carbonyl (C=O) groups is 2. The Morgan fingerprint density at radius 1 is 1.25 bits per heavy atom. The summed E-state index contributed by atoms with van der Waals surface area (Å²) in [6.45, 7) is 3.74. The lowest BCUT2D eigenvalue weighted by molar-refractivity contribution is -0.139. The van der Waals surface area contributed by atoms with E-state index in [9.17, 15) is 9.59 Å². The molecule has 1 unspecified atom stereocenters. The summed E-state index contributed by atoms with van der Waals surface area (Å²) < 4.78 is 0. The van der Waals surface area contributed by atoms with Crippen LogP contribution in [0.3, 0.4) is 0 Å². The predicted molar refractivity (Wildman–Crippen MR) is 79.2 cm³/mol. The minimum atomic E-state index is -0.637. The third kappa shape index (κ3) is 2.21. The van der Waals surface area contributed by atoms with Gasteiger partial charge < -0.3 is 0 Å². The first-order valence-corrected chi connectivity index (χ1v) is 7.71. The summed E-state index contributed by atoms with van der Waals surface area (Å²) in [7, 11) is 0. The molecule has 0 N–H and O–H groups in total. The first-order valence-electron chi connectivity index (χ1n) is 7.71. The Bertz CT molecular complexity index is 492. The second-order valence-electron chi connectivity index (χ2n) is 6.44. The number of rotatable bonds is 4. The fourth-order valence-corrected chi connectivity index (χ4v) is 3.76. The highest BCUT2D eigenvalue weighted by molar-refractivity contribution is 6.12. The normalized spacial score (nSPS) is 36.1. The monoisotopic (exact) mass is 270 g/mol. The largest absolute Gasteiger partial charge is 0.299 e. The lowest BCUT2D eigenvalue weighted by Gasteiger charge is -2.27. The molecule has 0 radical (unpaired) electrons. The Hall–Kier alpha value is -1.44. The van der Waals surface area contributed by atoms with Gasteiger partial charge in [0.05, 0.1) is 5.41 Å². The molecule has 0 amide bonds. The molecular formula is C18H22O2. The van der Waals surface area contributed by atoms with Crippen LogP contribution in [0.5, 0.6) is 0 Å². The zero-order chi connectivity index (χ0) is 14.2. The van der Waals surface area contributed by atoms with Gasteiger partial charge in [0.15, 0.2) is 0 Å². The molecule has 0 aromatic heterocycles. The van der Waals surface area contributed by atoms with E-state index < -0.39 is 5.41 Å². The van der Waals surface area contributed by atoms with Crippen LogP contribution in [0.1, 0.15) is 44.9 Å². The van der Waals surface area contributed by atoms with E-state index in [4.69, 9.17) is 0 Å². The molecule has 2 heteroatoms. The van der Waals surface area contributed by atoms with E-state index in [1.165, 1.54) is 5.57 Å². The highest BCUT2D eigenvalue weighted by Gasteiger charge is 2.64. The number of ketones is 2. The van der Waals surface area contributed by atoms with Crippen LogP contribution >= 0.6 is 0 Å². The molecule has 0 saturated heterocycles. The summed E-state index contributed by atoms with van der Waals surface area (Å²) in [5.41, 5.74) is 0.731. The molecule has 2 fully saturated rings. The molecule has 0 heterocycles. The molecular weight excluding hydrogens is 248 g/mol. The van der Waals surface area contributed by atoms with Crippen molar-refractivity contribution in [1.82, 2.24) is 0 Å². The Morgan fingerprint density at radius 3 is 2.55 bits per heavy atom. The molecule has 20 heavy (non-hydrogen) atoms. The Balaban J connectivity index is 1.58. The van der Waals surface area contributed by atoms with Crippen molar-refractivity contribution in [2.75, 3.05) is 0 Å². The second kappa shape index (κ2) is 5.16. The molecule has 3 rings (SSSR count). The average molecular weight is 270 g/mol. The summed E-state index contributed by atoms with van der Waals surface area (Å²) in [6, 6.07) is 0. The van der Waals surface area contributed by atoms with E-state index >= 15 is 0 Å². The Labute approximate surface area is 120 Å². The summed E-state index contributed by atoms with van der Waals surface area (Å²) >= 11 is 0. The minimum absolute atomic E-state index is 0.118. The van der Waals surface area contributed by atoms with Crippen molar-refractivity contribution >= 4 is 11.6 Å². The first-order chi connectivity index (χ1) is 9.66. The number of Topliss-reactive ketones (excluding diaryl/α,β-unsaturated/α-hetero) is 2. The van der Waals surface area contributed by atoms with Crippen LogP contribution in [0.25, 0.3) is 0 Å². The van der Waals surface area contributed by atoms with Crippen molar-refractivity contribution in [3.05, 3.63) is 36.5 Å². The highest BCUT2D eigenvalue weighted by Crippen LogP contribution is 2.58. The maximum Gasteiger partial charge on any atom is 0.147 e. The molecule has 2 nitrogen and oxygen atoms in total. The smallest absolute Gasteiger partial charge is 0.147 e. The SMILES string of the molecule is C=CC1CC12C(=O)CC(CCC1=CCCC=C1)CC2=O. The lowest BCUT2D eigenvalue weighted by Crippen LogP contribution is -2.36. The van der Waals surface area contributed by atoms with Gasteiger partial charge in [-0.3, -0.25) is 9.59 Å². The molecule has 2 saturated carbocycles. The van der Waals surface area contributed by atoms with Crippen LogP contribution < -0.4 is 0 Å². The van der Waals surface area contributed by atoms with Gasteiger partial charge in [0.25, 0.3) is 0 Å². The zero-order valence-electron chi connectivity index (χ0n) is 11.9. The molecule has 1 spiro atoms. The standard InChI is InChI=1S/C18H22O2/c1-2-15-12-18(15)16(19)10-14(11-17(18)20)9-8-13-6-4-3-5-7-13/h2,4,6-7,14-15H,1,3,5,8-12H2. The van der Waals surface area contributed by atoms with Crippen LogP contribution in [0, 0.1) is 17.3 Å². The van der Waals surface area contributed by atoms with Crippen LogP contribution in [0.15, 0.2) is 36.5 Å². The molecule has 0 bridgehead atoms. The maximum atomic E-state index is 12.3. The fourth-order valence-electron chi connectivity index (χ4n) is 3.76. The van der Waals surface area contributed by atoms with Crippen molar-refractivity contribution in [2.24, 2.45) is 17.3 Å². The molecule has 106 valence electrons. The quantitative estimate of drug-likeness (QED) is 0.575. The van der Waals surface area contributed by atoms with Crippen LogP contribution in [-0.4, -0.2) is 11.6 Å². The van der Waals surface area contributed by atoms with Crippen LogP contribution in [0.2, 0.25) is 0 Å². The van der Waals surface area contributed by atoms with Crippen molar-refractivity contribution in [1.29, 1.82) is 0 Å².